The SMILES string of the molecule is CC.Cc1[nH]nc(OC(C)(C)C(=O)OF)c1-c1cccc2ccccc12. The van der Waals surface area contributed by atoms with Crippen molar-refractivity contribution in [3.63, 3.8) is 0 Å². The van der Waals surface area contributed by atoms with E-state index in [4.69, 9.17) is 4.74 Å². The number of carbonyl (C=O) groups is 1. The second kappa shape index (κ2) is 7.99. The number of benzene rings is 2. The Morgan fingerprint density at radius 2 is 1.77 bits per heavy atom. The molecular weight excluding hydrogens is 335 g/mol. The van der Waals surface area contributed by atoms with Crippen LogP contribution in [0.25, 0.3) is 21.9 Å². The zero-order valence-electron chi connectivity index (χ0n) is 15.6. The van der Waals surface area contributed by atoms with Crippen LogP contribution in [0.2, 0.25) is 0 Å². The summed E-state index contributed by atoms with van der Waals surface area (Å²) < 4.78 is 17.9. The molecule has 0 bridgehead atoms. The van der Waals surface area contributed by atoms with Crippen molar-refractivity contribution < 1.29 is 19.0 Å². The summed E-state index contributed by atoms with van der Waals surface area (Å²) in [6.45, 7) is 8.70. The lowest BCUT2D eigenvalue weighted by molar-refractivity contribution is -0.199. The number of nitrogens with one attached hydrogen (secondary N) is 1. The maximum atomic E-state index is 12.3. The second-order valence-electron chi connectivity index (χ2n) is 6.03. The third-order valence-electron chi connectivity index (χ3n) is 3.89. The molecule has 3 rings (SSSR count). The molecule has 0 spiro atoms. The van der Waals surface area contributed by atoms with E-state index in [-0.39, 0.29) is 5.88 Å². The molecule has 26 heavy (non-hydrogen) atoms. The molecule has 1 N–H and O–H groups in total. The zero-order chi connectivity index (χ0) is 19.3. The van der Waals surface area contributed by atoms with Gasteiger partial charge in [0.15, 0.2) is 0 Å². The first-order chi connectivity index (χ1) is 12.4. The van der Waals surface area contributed by atoms with E-state index in [0.29, 0.717) is 0 Å². The van der Waals surface area contributed by atoms with E-state index in [2.05, 4.69) is 15.1 Å². The number of aryl methyl sites for hydroxylation is 1. The molecule has 0 amide bonds. The molecule has 1 heterocycles. The summed E-state index contributed by atoms with van der Waals surface area (Å²) in [4.78, 5) is 14.9. The fraction of sp³-hybridized carbons (Fsp3) is 0.300. The van der Waals surface area contributed by atoms with Gasteiger partial charge >= 0.3 is 5.97 Å². The summed E-state index contributed by atoms with van der Waals surface area (Å²) in [5.41, 5.74) is 0.923. The Hall–Kier alpha value is -2.89. The van der Waals surface area contributed by atoms with Gasteiger partial charge in [-0.25, -0.2) is 4.79 Å². The lowest BCUT2D eigenvalue weighted by atomic mass is 9.98. The highest BCUT2D eigenvalue weighted by Gasteiger charge is 2.35. The average molecular weight is 358 g/mol. The first kappa shape index (κ1) is 19.4. The van der Waals surface area contributed by atoms with Gasteiger partial charge in [0.2, 0.25) is 11.5 Å². The van der Waals surface area contributed by atoms with E-state index < -0.39 is 11.6 Å². The van der Waals surface area contributed by atoms with Crippen molar-refractivity contribution in [1.29, 1.82) is 0 Å². The van der Waals surface area contributed by atoms with Crippen LogP contribution in [0.5, 0.6) is 5.88 Å². The van der Waals surface area contributed by atoms with Gasteiger partial charge in [0.05, 0.1) is 5.56 Å². The highest BCUT2D eigenvalue weighted by atomic mass is 19.3. The highest BCUT2D eigenvalue weighted by molar-refractivity contribution is 5.98. The van der Waals surface area contributed by atoms with E-state index in [0.717, 1.165) is 27.6 Å². The third kappa shape index (κ3) is 3.69. The van der Waals surface area contributed by atoms with Crippen LogP contribution < -0.4 is 4.74 Å². The largest absolute Gasteiger partial charge is 0.458 e. The number of rotatable bonds is 4. The van der Waals surface area contributed by atoms with Crippen molar-refractivity contribution in [3.8, 4) is 17.0 Å². The Morgan fingerprint density at radius 3 is 2.46 bits per heavy atom. The molecular formula is C20H23FN2O3. The van der Waals surface area contributed by atoms with E-state index in [1.807, 2.05) is 63.2 Å². The molecule has 0 aliphatic rings. The van der Waals surface area contributed by atoms with Crippen LogP contribution in [0.3, 0.4) is 0 Å². The molecule has 6 heteroatoms. The number of hydrogen-bond donors (Lipinski definition) is 1. The van der Waals surface area contributed by atoms with Gasteiger partial charge in [-0.3, -0.25) is 10.0 Å². The molecule has 3 aromatic rings. The number of nitrogens with zero attached hydrogens (tertiary/aromatic N) is 1. The number of H-pyrrole nitrogens is 1. The molecule has 0 saturated carbocycles. The minimum atomic E-state index is -1.50. The van der Waals surface area contributed by atoms with Crippen molar-refractivity contribution in [2.75, 3.05) is 0 Å². The van der Waals surface area contributed by atoms with Gasteiger partial charge in [0.1, 0.15) is 0 Å². The molecule has 0 radical (unpaired) electrons. The van der Waals surface area contributed by atoms with E-state index in [1.165, 1.54) is 13.8 Å². The third-order valence-corrected chi connectivity index (χ3v) is 3.89. The predicted molar refractivity (Wildman–Crippen MR) is 99.5 cm³/mol. The predicted octanol–water partition coefficient (Wildman–Crippen LogP) is 5.15. The number of fused-ring (bicyclic) bond motifs is 1. The molecule has 5 nitrogen and oxygen atoms in total. The molecule has 0 aliphatic carbocycles. The van der Waals surface area contributed by atoms with Crippen LogP contribution in [-0.2, 0) is 9.74 Å². The number of carbonyl (C=O) groups excluding carboxylic acids is 1. The van der Waals surface area contributed by atoms with Crippen molar-refractivity contribution in [1.82, 2.24) is 10.2 Å². The lowest BCUT2D eigenvalue weighted by Crippen LogP contribution is -2.38. The molecule has 0 atom stereocenters. The van der Waals surface area contributed by atoms with E-state index in [1.54, 1.807) is 0 Å². The number of halogens is 1. The van der Waals surface area contributed by atoms with E-state index >= 15 is 0 Å². The maximum absolute atomic E-state index is 12.3. The van der Waals surface area contributed by atoms with Gasteiger partial charge in [0, 0.05) is 10.2 Å². The number of ether oxygens (including phenoxy) is 1. The lowest BCUT2D eigenvalue weighted by Gasteiger charge is -2.21. The first-order valence-corrected chi connectivity index (χ1v) is 8.49. The first-order valence-electron chi connectivity index (χ1n) is 8.49. The van der Waals surface area contributed by atoms with Crippen LogP contribution in [0.1, 0.15) is 33.4 Å². The summed E-state index contributed by atoms with van der Waals surface area (Å²) in [5, 5.41) is 9.08. The van der Waals surface area contributed by atoms with Crippen molar-refractivity contribution >= 4 is 16.7 Å². The Balaban J connectivity index is 0.00000117. The number of aromatic amines is 1. The summed E-state index contributed by atoms with van der Waals surface area (Å²) >= 11 is 0. The molecule has 0 fully saturated rings. The fourth-order valence-electron chi connectivity index (χ4n) is 2.62. The molecule has 0 unspecified atom stereocenters. The Labute approximate surface area is 152 Å². The standard InChI is InChI=1S/C18H17FN2O3.C2H6/c1-11-15(14-10-6-8-12-7-4-5-9-13(12)14)16(21-20-11)23-18(2,3)17(22)24-19;1-2/h4-10H,1-3H3,(H,20,21);1-2H3. The quantitative estimate of drug-likeness (QED) is 0.700. The normalized spacial score (nSPS) is 10.8. The van der Waals surface area contributed by atoms with Crippen LogP contribution >= 0.6 is 0 Å². The Bertz CT molecular complexity index is 898. The summed E-state index contributed by atoms with van der Waals surface area (Å²) in [5.74, 6) is -0.897. The van der Waals surface area contributed by atoms with Crippen molar-refractivity contribution in [2.45, 2.75) is 40.2 Å². The number of aromatic nitrogens is 2. The topological polar surface area (TPSA) is 64.2 Å². The van der Waals surface area contributed by atoms with Crippen LogP contribution in [-0.4, -0.2) is 21.8 Å². The summed E-state index contributed by atoms with van der Waals surface area (Å²) in [6.07, 6.45) is 0. The Kier molecular flexibility index (Phi) is 5.97. The van der Waals surface area contributed by atoms with E-state index in [9.17, 15) is 9.32 Å². The maximum Gasteiger partial charge on any atom is 0.391 e. The van der Waals surface area contributed by atoms with Gasteiger partial charge in [0.25, 0.3) is 0 Å². The van der Waals surface area contributed by atoms with Crippen molar-refractivity contribution in [2.24, 2.45) is 0 Å². The molecule has 0 saturated heterocycles. The number of hydrogen-bond acceptors (Lipinski definition) is 4. The molecule has 0 aliphatic heterocycles. The van der Waals surface area contributed by atoms with Crippen LogP contribution in [0.15, 0.2) is 42.5 Å². The van der Waals surface area contributed by atoms with Gasteiger partial charge in [-0.05, 0) is 37.1 Å². The van der Waals surface area contributed by atoms with Gasteiger partial charge in [-0.15, -0.1) is 5.10 Å². The minimum Gasteiger partial charge on any atom is -0.458 e. The second-order valence-corrected chi connectivity index (χ2v) is 6.03. The van der Waals surface area contributed by atoms with Crippen LogP contribution in [0.4, 0.5) is 4.53 Å². The van der Waals surface area contributed by atoms with Gasteiger partial charge in [-0.1, -0.05) is 56.3 Å². The fourth-order valence-corrected chi connectivity index (χ4v) is 2.62. The summed E-state index contributed by atoms with van der Waals surface area (Å²) in [7, 11) is 0. The molecule has 138 valence electrons. The van der Waals surface area contributed by atoms with Gasteiger partial charge in [-0.2, -0.15) is 0 Å². The van der Waals surface area contributed by atoms with Crippen LogP contribution in [0, 0.1) is 6.92 Å². The summed E-state index contributed by atoms with van der Waals surface area (Å²) in [6, 6.07) is 13.8. The Morgan fingerprint density at radius 1 is 1.12 bits per heavy atom. The van der Waals surface area contributed by atoms with Gasteiger partial charge < -0.3 is 4.74 Å². The van der Waals surface area contributed by atoms with Crippen molar-refractivity contribution in [3.05, 3.63) is 48.2 Å². The molecule has 2 aromatic carbocycles. The monoisotopic (exact) mass is 358 g/mol. The highest BCUT2D eigenvalue weighted by Crippen LogP contribution is 2.37. The molecule has 1 aromatic heterocycles. The smallest absolute Gasteiger partial charge is 0.391 e. The zero-order valence-corrected chi connectivity index (χ0v) is 15.6. The minimum absolute atomic E-state index is 0.222. The average Bonchev–Trinajstić information content (AvgIpc) is 3.01.